The van der Waals surface area contributed by atoms with Crippen LogP contribution < -0.4 is 5.32 Å². The Labute approximate surface area is 157 Å². The van der Waals surface area contributed by atoms with Crippen molar-refractivity contribution in [2.75, 3.05) is 5.32 Å². The summed E-state index contributed by atoms with van der Waals surface area (Å²) in [5.74, 6) is 0.773. The molecule has 0 saturated carbocycles. The molecule has 3 aromatic rings. The molecule has 1 N–H and O–H groups in total. The number of amides is 1. The van der Waals surface area contributed by atoms with Crippen molar-refractivity contribution in [2.24, 2.45) is 7.05 Å². The molecule has 0 aliphatic heterocycles. The minimum absolute atomic E-state index is 0.0245. The summed E-state index contributed by atoms with van der Waals surface area (Å²) in [6, 6.07) is 17.7. The van der Waals surface area contributed by atoms with Crippen LogP contribution in [0.2, 0.25) is 0 Å². The number of nitrogens with zero attached hydrogens (tertiary/aromatic N) is 3. The number of aryl methyl sites for hydroxylation is 1. The zero-order chi connectivity index (χ0) is 18.5. The van der Waals surface area contributed by atoms with Crippen LogP contribution >= 0.6 is 11.8 Å². The van der Waals surface area contributed by atoms with Gasteiger partial charge in [0.2, 0.25) is 5.91 Å². The number of carbonyl (C=O) groups is 1. The monoisotopic (exact) mass is 366 g/mol. The molecule has 0 spiro atoms. The first kappa shape index (κ1) is 18.2. The lowest BCUT2D eigenvalue weighted by Crippen LogP contribution is -2.24. The zero-order valence-electron chi connectivity index (χ0n) is 15.1. The van der Waals surface area contributed by atoms with Gasteiger partial charge >= 0.3 is 0 Å². The standard InChI is InChI=1S/C20H22N4OS/c1-4-17(19(25)21-16-8-6-5-7-9-16)26-20-23-22-18(24(20)3)15-12-10-14(2)11-13-15/h5-13,17H,4H2,1-3H3,(H,21,25)/t17-/m1/s1. The number of thioether (sulfide) groups is 1. The minimum Gasteiger partial charge on any atom is -0.325 e. The lowest BCUT2D eigenvalue weighted by atomic mass is 10.1. The van der Waals surface area contributed by atoms with Gasteiger partial charge in [0, 0.05) is 18.3 Å². The molecule has 3 rings (SSSR count). The van der Waals surface area contributed by atoms with Gasteiger partial charge in [-0.2, -0.15) is 0 Å². The molecule has 0 bridgehead atoms. The van der Waals surface area contributed by atoms with E-state index < -0.39 is 0 Å². The summed E-state index contributed by atoms with van der Waals surface area (Å²) in [7, 11) is 1.93. The molecule has 0 fully saturated rings. The van der Waals surface area contributed by atoms with Crippen molar-refractivity contribution >= 4 is 23.4 Å². The van der Waals surface area contributed by atoms with Gasteiger partial charge in [-0.1, -0.05) is 66.7 Å². The molecule has 0 radical (unpaired) electrons. The SMILES string of the molecule is CC[C@@H](Sc1nnc(-c2ccc(C)cc2)n1C)C(=O)Nc1ccccc1. The highest BCUT2D eigenvalue weighted by Crippen LogP contribution is 2.28. The quantitative estimate of drug-likeness (QED) is 0.661. The number of anilines is 1. The van der Waals surface area contributed by atoms with Gasteiger partial charge < -0.3 is 9.88 Å². The molecule has 0 aliphatic carbocycles. The minimum atomic E-state index is -0.232. The molecule has 26 heavy (non-hydrogen) atoms. The Hall–Kier alpha value is -2.60. The van der Waals surface area contributed by atoms with Crippen molar-refractivity contribution in [1.82, 2.24) is 14.8 Å². The van der Waals surface area contributed by atoms with Gasteiger partial charge in [-0.05, 0) is 25.5 Å². The van der Waals surface area contributed by atoms with Gasteiger partial charge in [0.1, 0.15) is 0 Å². The van der Waals surface area contributed by atoms with Crippen LogP contribution in [0.1, 0.15) is 18.9 Å². The topological polar surface area (TPSA) is 59.8 Å². The molecule has 5 nitrogen and oxygen atoms in total. The molecular weight excluding hydrogens is 344 g/mol. The van der Waals surface area contributed by atoms with Crippen molar-refractivity contribution in [3.8, 4) is 11.4 Å². The number of nitrogens with one attached hydrogen (secondary N) is 1. The molecule has 2 aromatic carbocycles. The van der Waals surface area contributed by atoms with Crippen molar-refractivity contribution in [3.63, 3.8) is 0 Å². The third-order valence-electron chi connectivity index (χ3n) is 4.10. The summed E-state index contributed by atoms with van der Waals surface area (Å²) in [6.07, 6.45) is 0.704. The normalized spacial score (nSPS) is 12.0. The maximum atomic E-state index is 12.6. The number of rotatable bonds is 6. The molecular formula is C20H22N4OS. The molecule has 1 atom stereocenters. The first-order valence-electron chi connectivity index (χ1n) is 8.57. The molecule has 0 saturated heterocycles. The molecule has 0 aliphatic rings. The van der Waals surface area contributed by atoms with Crippen LogP contribution in [0.4, 0.5) is 5.69 Å². The zero-order valence-corrected chi connectivity index (χ0v) is 16.0. The Bertz CT molecular complexity index is 875. The number of benzene rings is 2. The average molecular weight is 366 g/mol. The van der Waals surface area contributed by atoms with E-state index >= 15 is 0 Å². The van der Waals surface area contributed by atoms with Crippen LogP contribution in [-0.4, -0.2) is 25.9 Å². The predicted molar refractivity (Wildman–Crippen MR) is 106 cm³/mol. The number of aromatic nitrogens is 3. The van der Waals surface area contributed by atoms with Gasteiger partial charge in [-0.15, -0.1) is 10.2 Å². The van der Waals surface area contributed by atoms with E-state index in [-0.39, 0.29) is 11.2 Å². The fourth-order valence-corrected chi connectivity index (χ4v) is 3.48. The summed E-state index contributed by atoms with van der Waals surface area (Å²) in [4.78, 5) is 12.6. The van der Waals surface area contributed by atoms with Crippen LogP contribution in [0.15, 0.2) is 59.8 Å². The van der Waals surface area contributed by atoms with Gasteiger partial charge in [0.05, 0.1) is 5.25 Å². The number of hydrogen-bond donors (Lipinski definition) is 1. The van der Waals surface area contributed by atoms with Crippen LogP contribution in [-0.2, 0) is 11.8 Å². The number of hydrogen-bond acceptors (Lipinski definition) is 4. The Balaban J connectivity index is 1.74. The number of para-hydroxylation sites is 1. The third-order valence-corrected chi connectivity index (χ3v) is 5.50. The Morgan fingerprint density at radius 3 is 2.46 bits per heavy atom. The molecule has 0 unspecified atom stereocenters. The number of carbonyl (C=O) groups excluding carboxylic acids is 1. The smallest absolute Gasteiger partial charge is 0.237 e. The molecule has 1 amide bonds. The van der Waals surface area contributed by atoms with E-state index in [9.17, 15) is 4.79 Å². The predicted octanol–water partition coefficient (Wildman–Crippen LogP) is 4.30. The third kappa shape index (κ3) is 4.14. The Kier molecular flexibility index (Phi) is 5.73. The summed E-state index contributed by atoms with van der Waals surface area (Å²) in [5, 5.41) is 12.1. The van der Waals surface area contributed by atoms with E-state index in [0.717, 1.165) is 22.2 Å². The van der Waals surface area contributed by atoms with E-state index in [2.05, 4.69) is 34.6 Å². The summed E-state index contributed by atoms with van der Waals surface area (Å²) in [6.45, 7) is 4.05. The molecule has 1 heterocycles. The first-order valence-corrected chi connectivity index (χ1v) is 9.45. The van der Waals surface area contributed by atoms with Crippen LogP contribution in [0, 0.1) is 6.92 Å². The summed E-state index contributed by atoms with van der Waals surface area (Å²) >= 11 is 1.44. The maximum absolute atomic E-state index is 12.6. The van der Waals surface area contributed by atoms with Crippen molar-refractivity contribution in [1.29, 1.82) is 0 Å². The average Bonchev–Trinajstić information content (AvgIpc) is 3.01. The van der Waals surface area contributed by atoms with E-state index in [1.807, 2.05) is 61.0 Å². The van der Waals surface area contributed by atoms with Crippen molar-refractivity contribution < 1.29 is 4.79 Å². The van der Waals surface area contributed by atoms with Gasteiger partial charge in [-0.25, -0.2) is 0 Å². The first-order chi connectivity index (χ1) is 12.6. The van der Waals surface area contributed by atoms with E-state index in [1.165, 1.54) is 17.3 Å². The summed E-state index contributed by atoms with van der Waals surface area (Å²) in [5.41, 5.74) is 3.02. The molecule has 6 heteroatoms. The second-order valence-corrected chi connectivity index (χ2v) is 7.27. The lowest BCUT2D eigenvalue weighted by Gasteiger charge is -2.14. The Morgan fingerprint density at radius 2 is 1.81 bits per heavy atom. The van der Waals surface area contributed by atoms with Crippen molar-refractivity contribution in [3.05, 3.63) is 60.2 Å². The van der Waals surface area contributed by atoms with Gasteiger partial charge in [0.15, 0.2) is 11.0 Å². The van der Waals surface area contributed by atoms with Gasteiger partial charge in [-0.3, -0.25) is 4.79 Å². The Morgan fingerprint density at radius 1 is 1.12 bits per heavy atom. The fourth-order valence-electron chi connectivity index (χ4n) is 2.57. The van der Waals surface area contributed by atoms with Crippen LogP contribution in [0.5, 0.6) is 0 Å². The largest absolute Gasteiger partial charge is 0.325 e. The fraction of sp³-hybridized carbons (Fsp3) is 0.250. The van der Waals surface area contributed by atoms with E-state index in [4.69, 9.17) is 0 Å². The van der Waals surface area contributed by atoms with Crippen LogP contribution in [0.3, 0.4) is 0 Å². The van der Waals surface area contributed by atoms with E-state index in [1.54, 1.807) is 0 Å². The molecule has 1 aromatic heterocycles. The second kappa shape index (κ2) is 8.19. The lowest BCUT2D eigenvalue weighted by molar-refractivity contribution is -0.115. The second-order valence-electron chi connectivity index (χ2n) is 6.10. The summed E-state index contributed by atoms with van der Waals surface area (Å²) < 4.78 is 1.94. The van der Waals surface area contributed by atoms with Gasteiger partial charge in [0.25, 0.3) is 0 Å². The maximum Gasteiger partial charge on any atom is 0.237 e. The van der Waals surface area contributed by atoms with E-state index in [0.29, 0.717) is 6.42 Å². The highest BCUT2D eigenvalue weighted by atomic mass is 32.2. The molecule has 134 valence electrons. The highest BCUT2D eigenvalue weighted by Gasteiger charge is 2.22. The van der Waals surface area contributed by atoms with Crippen LogP contribution in [0.25, 0.3) is 11.4 Å². The van der Waals surface area contributed by atoms with Crippen molar-refractivity contribution in [2.45, 2.75) is 30.7 Å². The highest BCUT2D eigenvalue weighted by molar-refractivity contribution is 8.00.